The Bertz CT molecular complexity index is 717. The molecular weight excluding hydrogens is 324 g/mol. The number of imide groups is 1. The highest BCUT2D eigenvalue weighted by molar-refractivity contribution is 6.22. The molecule has 7 nitrogen and oxygen atoms in total. The van der Waals surface area contributed by atoms with Crippen molar-refractivity contribution in [1.82, 2.24) is 9.80 Å². The number of carboxylic acid groups (broad SMARTS) is 1. The third-order valence-corrected chi connectivity index (χ3v) is 5.27. The van der Waals surface area contributed by atoms with Gasteiger partial charge in [-0.15, -0.1) is 0 Å². The molecular formula is C18H20N2O5. The van der Waals surface area contributed by atoms with E-state index in [-0.39, 0.29) is 11.1 Å². The highest BCUT2D eigenvalue weighted by Crippen LogP contribution is 2.33. The Labute approximate surface area is 145 Å². The molecule has 0 spiro atoms. The van der Waals surface area contributed by atoms with Crippen LogP contribution in [0.15, 0.2) is 24.3 Å². The molecule has 1 saturated carbocycles. The minimum absolute atomic E-state index is 0.272. The summed E-state index contributed by atoms with van der Waals surface area (Å²) in [5.74, 6) is -2.62. The number of nitrogens with zero attached hydrogens (tertiary/aromatic N) is 2. The zero-order chi connectivity index (χ0) is 18.2. The molecule has 2 aliphatic rings. The number of amides is 3. The predicted octanol–water partition coefficient (Wildman–Crippen LogP) is 1.53. The Hall–Kier alpha value is -2.70. The number of hydrogen-bond acceptors (Lipinski definition) is 4. The molecule has 25 heavy (non-hydrogen) atoms. The second kappa shape index (κ2) is 6.31. The average molecular weight is 344 g/mol. The molecule has 0 atom stereocenters. The van der Waals surface area contributed by atoms with Gasteiger partial charge < -0.3 is 10.0 Å². The fourth-order valence-corrected chi connectivity index (χ4v) is 3.69. The smallest absolute Gasteiger partial charge is 0.329 e. The van der Waals surface area contributed by atoms with E-state index in [4.69, 9.17) is 0 Å². The first-order chi connectivity index (χ1) is 11.9. The van der Waals surface area contributed by atoms with Crippen molar-refractivity contribution in [3.8, 4) is 0 Å². The van der Waals surface area contributed by atoms with Crippen molar-refractivity contribution >= 4 is 23.7 Å². The summed E-state index contributed by atoms with van der Waals surface area (Å²) in [5, 5.41) is 9.67. The fraction of sp³-hybridized carbons (Fsp3) is 0.444. The minimum atomic E-state index is -1.26. The Morgan fingerprint density at radius 2 is 1.60 bits per heavy atom. The SMILES string of the molecule is CN(C(=O)CN1C(=O)c2ccccc2C1=O)C1(C(=O)O)CCCCC1. The van der Waals surface area contributed by atoms with Crippen molar-refractivity contribution in [1.29, 1.82) is 0 Å². The van der Waals surface area contributed by atoms with Crippen LogP contribution in [0, 0.1) is 0 Å². The summed E-state index contributed by atoms with van der Waals surface area (Å²) in [6, 6.07) is 6.40. The van der Waals surface area contributed by atoms with E-state index in [2.05, 4.69) is 0 Å². The topological polar surface area (TPSA) is 95.0 Å². The van der Waals surface area contributed by atoms with Gasteiger partial charge in [0.15, 0.2) is 0 Å². The van der Waals surface area contributed by atoms with Crippen LogP contribution in [0.5, 0.6) is 0 Å². The van der Waals surface area contributed by atoms with Gasteiger partial charge in [0.25, 0.3) is 11.8 Å². The Kier molecular flexibility index (Phi) is 4.32. The quantitative estimate of drug-likeness (QED) is 0.836. The van der Waals surface area contributed by atoms with Gasteiger partial charge in [0.05, 0.1) is 11.1 Å². The molecule has 3 amide bonds. The lowest BCUT2D eigenvalue weighted by atomic mass is 9.80. The van der Waals surface area contributed by atoms with E-state index in [9.17, 15) is 24.3 Å². The van der Waals surface area contributed by atoms with Gasteiger partial charge in [-0.3, -0.25) is 19.3 Å². The molecule has 0 unspecified atom stereocenters. The number of benzene rings is 1. The predicted molar refractivity (Wildman–Crippen MR) is 88.0 cm³/mol. The zero-order valence-corrected chi connectivity index (χ0v) is 14.0. The molecule has 1 fully saturated rings. The normalized spacial score (nSPS) is 18.8. The molecule has 1 heterocycles. The summed E-state index contributed by atoms with van der Waals surface area (Å²) in [6.07, 6.45) is 3.17. The van der Waals surface area contributed by atoms with Crippen LogP contribution in [0.2, 0.25) is 0 Å². The summed E-state index contributed by atoms with van der Waals surface area (Å²) in [7, 11) is 1.44. The number of carbonyl (C=O) groups excluding carboxylic acids is 3. The maximum Gasteiger partial charge on any atom is 0.329 e. The molecule has 7 heteroatoms. The van der Waals surface area contributed by atoms with Crippen molar-refractivity contribution < 1.29 is 24.3 Å². The number of aliphatic carboxylic acids is 1. The second-order valence-electron chi connectivity index (χ2n) is 6.59. The number of carbonyl (C=O) groups is 4. The number of fused-ring (bicyclic) bond motifs is 1. The minimum Gasteiger partial charge on any atom is -0.479 e. The van der Waals surface area contributed by atoms with Gasteiger partial charge >= 0.3 is 5.97 Å². The highest BCUT2D eigenvalue weighted by Gasteiger charge is 2.46. The highest BCUT2D eigenvalue weighted by atomic mass is 16.4. The number of rotatable bonds is 4. The van der Waals surface area contributed by atoms with Gasteiger partial charge in [0.2, 0.25) is 5.91 Å². The molecule has 1 aliphatic heterocycles. The third-order valence-electron chi connectivity index (χ3n) is 5.27. The number of carboxylic acids is 1. The maximum atomic E-state index is 12.7. The van der Waals surface area contributed by atoms with Gasteiger partial charge in [-0.2, -0.15) is 0 Å². The second-order valence-corrected chi connectivity index (χ2v) is 6.59. The summed E-state index contributed by atoms with van der Waals surface area (Å²) < 4.78 is 0. The van der Waals surface area contributed by atoms with Crippen LogP contribution >= 0.6 is 0 Å². The molecule has 0 bridgehead atoms. The third kappa shape index (κ3) is 2.69. The number of likely N-dealkylation sites (N-methyl/N-ethyl adjacent to an activating group) is 1. The average Bonchev–Trinajstić information content (AvgIpc) is 2.86. The standard InChI is InChI=1S/C18H20N2O5/c1-19(18(17(24)25)9-5-2-6-10-18)14(21)11-20-15(22)12-7-3-4-8-13(12)16(20)23/h3-4,7-8H,2,5-6,9-11H2,1H3,(H,24,25). The molecule has 1 aliphatic carbocycles. The number of hydrogen-bond donors (Lipinski definition) is 1. The molecule has 132 valence electrons. The first-order valence-corrected chi connectivity index (χ1v) is 8.34. The van der Waals surface area contributed by atoms with E-state index < -0.39 is 35.8 Å². The van der Waals surface area contributed by atoms with Gasteiger partial charge in [-0.1, -0.05) is 31.4 Å². The van der Waals surface area contributed by atoms with E-state index in [0.29, 0.717) is 12.8 Å². The summed E-state index contributed by atoms with van der Waals surface area (Å²) in [4.78, 5) is 51.3. The molecule has 0 radical (unpaired) electrons. The summed E-state index contributed by atoms with van der Waals surface area (Å²) in [6.45, 7) is -0.447. The maximum absolute atomic E-state index is 12.7. The summed E-state index contributed by atoms with van der Waals surface area (Å²) >= 11 is 0. The largest absolute Gasteiger partial charge is 0.479 e. The van der Waals surface area contributed by atoms with Crippen molar-refractivity contribution in [2.24, 2.45) is 0 Å². The Balaban J connectivity index is 1.79. The molecule has 3 rings (SSSR count). The monoisotopic (exact) mass is 344 g/mol. The molecule has 1 aromatic rings. The summed E-state index contributed by atoms with van der Waals surface area (Å²) in [5.41, 5.74) is -0.712. The zero-order valence-electron chi connectivity index (χ0n) is 14.0. The lowest BCUT2D eigenvalue weighted by Gasteiger charge is -2.41. The van der Waals surface area contributed by atoms with Gasteiger partial charge in [-0.25, -0.2) is 4.79 Å². The van der Waals surface area contributed by atoms with Crippen LogP contribution in [0.1, 0.15) is 52.8 Å². The first-order valence-electron chi connectivity index (χ1n) is 8.34. The fourth-order valence-electron chi connectivity index (χ4n) is 3.69. The van der Waals surface area contributed by atoms with Crippen LogP contribution in [-0.4, -0.2) is 57.7 Å². The van der Waals surface area contributed by atoms with Gasteiger partial charge in [-0.05, 0) is 25.0 Å². The molecule has 1 N–H and O–H groups in total. The van der Waals surface area contributed by atoms with Crippen LogP contribution in [0.3, 0.4) is 0 Å². The van der Waals surface area contributed by atoms with E-state index in [1.165, 1.54) is 11.9 Å². The van der Waals surface area contributed by atoms with Crippen molar-refractivity contribution in [3.63, 3.8) is 0 Å². The lowest BCUT2D eigenvalue weighted by Crippen LogP contribution is -2.58. The van der Waals surface area contributed by atoms with E-state index in [1.807, 2.05) is 0 Å². The van der Waals surface area contributed by atoms with Crippen molar-refractivity contribution in [2.45, 2.75) is 37.6 Å². The van der Waals surface area contributed by atoms with E-state index in [0.717, 1.165) is 24.2 Å². The van der Waals surface area contributed by atoms with Crippen LogP contribution in [0.4, 0.5) is 0 Å². The molecule has 0 aromatic heterocycles. The Morgan fingerprint density at radius 3 is 2.08 bits per heavy atom. The Morgan fingerprint density at radius 1 is 1.08 bits per heavy atom. The van der Waals surface area contributed by atoms with E-state index in [1.54, 1.807) is 24.3 Å². The van der Waals surface area contributed by atoms with Crippen LogP contribution < -0.4 is 0 Å². The van der Waals surface area contributed by atoms with Crippen LogP contribution in [-0.2, 0) is 9.59 Å². The molecule has 0 saturated heterocycles. The van der Waals surface area contributed by atoms with Crippen LogP contribution in [0.25, 0.3) is 0 Å². The van der Waals surface area contributed by atoms with Gasteiger partial charge in [0.1, 0.15) is 12.1 Å². The van der Waals surface area contributed by atoms with Crippen molar-refractivity contribution in [2.75, 3.05) is 13.6 Å². The lowest BCUT2D eigenvalue weighted by molar-refractivity contribution is -0.160. The van der Waals surface area contributed by atoms with Gasteiger partial charge in [0, 0.05) is 7.05 Å². The first kappa shape index (κ1) is 17.1. The van der Waals surface area contributed by atoms with Crippen molar-refractivity contribution in [3.05, 3.63) is 35.4 Å². The molecule has 1 aromatic carbocycles. The van der Waals surface area contributed by atoms with E-state index >= 15 is 0 Å².